The molecule has 1 heterocycles. The zero-order chi connectivity index (χ0) is 9.52. The Labute approximate surface area is 82.2 Å². The summed E-state index contributed by atoms with van der Waals surface area (Å²) >= 11 is 0. The minimum absolute atomic E-state index is 0.460. The van der Waals surface area contributed by atoms with Crippen molar-refractivity contribution >= 4 is 0 Å². The second-order valence-corrected chi connectivity index (χ2v) is 3.85. The van der Waals surface area contributed by atoms with Crippen LogP contribution in [0, 0.1) is 0 Å². The molecule has 1 heteroatoms. The molecular weight excluding hydrogens is 160 g/mol. The maximum Gasteiger partial charge on any atom is 0.102 e. The molecule has 0 aromatic rings. The molecule has 0 spiro atoms. The van der Waals surface area contributed by atoms with E-state index in [-0.39, 0.29) is 0 Å². The van der Waals surface area contributed by atoms with Crippen molar-refractivity contribution < 1.29 is 4.74 Å². The first-order valence-corrected chi connectivity index (χ1v) is 5.70. The first kappa shape index (κ1) is 10.8. The first-order valence-electron chi connectivity index (χ1n) is 5.70. The van der Waals surface area contributed by atoms with E-state index < -0.39 is 0 Å². The monoisotopic (exact) mass is 182 g/mol. The van der Waals surface area contributed by atoms with Gasteiger partial charge in [-0.05, 0) is 19.3 Å². The van der Waals surface area contributed by atoms with E-state index in [1.165, 1.54) is 38.5 Å². The van der Waals surface area contributed by atoms with E-state index in [1.807, 2.05) is 0 Å². The zero-order valence-corrected chi connectivity index (χ0v) is 8.96. The number of ether oxygens (including phenoxy) is 1. The SMILES string of the molecule is CCCCC/C=C\[C@@H]1O[C@H]1CCC. The van der Waals surface area contributed by atoms with Gasteiger partial charge >= 0.3 is 0 Å². The van der Waals surface area contributed by atoms with E-state index in [0.29, 0.717) is 12.2 Å². The van der Waals surface area contributed by atoms with E-state index in [4.69, 9.17) is 4.74 Å². The molecule has 1 saturated heterocycles. The molecule has 0 unspecified atom stereocenters. The highest BCUT2D eigenvalue weighted by molar-refractivity contribution is 5.02. The molecule has 0 bridgehead atoms. The minimum atomic E-state index is 0.460. The number of hydrogen-bond acceptors (Lipinski definition) is 1. The second-order valence-electron chi connectivity index (χ2n) is 3.85. The van der Waals surface area contributed by atoms with Crippen LogP contribution in [-0.4, -0.2) is 12.2 Å². The van der Waals surface area contributed by atoms with Gasteiger partial charge in [0.15, 0.2) is 0 Å². The van der Waals surface area contributed by atoms with Crippen LogP contribution in [0.25, 0.3) is 0 Å². The highest BCUT2D eigenvalue weighted by Crippen LogP contribution is 2.27. The highest BCUT2D eigenvalue weighted by atomic mass is 16.6. The van der Waals surface area contributed by atoms with Gasteiger partial charge in [0, 0.05) is 0 Å². The maximum absolute atomic E-state index is 5.48. The van der Waals surface area contributed by atoms with Crippen LogP contribution in [0.15, 0.2) is 12.2 Å². The molecule has 1 nitrogen and oxygen atoms in total. The predicted octanol–water partition coefficient (Wildman–Crippen LogP) is 3.69. The first-order chi connectivity index (χ1) is 6.38. The Kier molecular flexibility index (Phi) is 5.14. The Bertz CT molecular complexity index is 151. The van der Waals surface area contributed by atoms with E-state index in [9.17, 15) is 0 Å². The van der Waals surface area contributed by atoms with Gasteiger partial charge in [0.2, 0.25) is 0 Å². The molecule has 0 aromatic heterocycles. The lowest BCUT2D eigenvalue weighted by Crippen LogP contribution is -1.88. The van der Waals surface area contributed by atoms with Crippen molar-refractivity contribution in [3.63, 3.8) is 0 Å². The Morgan fingerprint density at radius 2 is 2.00 bits per heavy atom. The Morgan fingerprint density at radius 3 is 2.69 bits per heavy atom. The van der Waals surface area contributed by atoms with Crippen molar-refractivity contribution in [3.8, 4) is 0 Å². The molecule has 1 aliphatic heterocycles. The molecule has 0 radical (unpaired) electrons. The lowest BCUT2D eigenvalue weighted by Gasteiger charge is -1.90. The molecule has 1 aliphatic rings. The quantitative estimate of drug-likeness (QED) is 0.332. The maximum atomic E-state index is 5.48. The van der Waals surface area contributed by atoms with Gasteiger partial charge in [0.25, 0.3) is 0 Å². The normalized spacial score (nSPS) is 26.9. The summed E-state index contributed by atoms with van der Waals surface area (Å²) in [7, 11) is 0. The van der Waals surface area contributed by atoms with Gasteiger partial charge in [-0.25, -0.2) is 0 Å². The smallest absolute Gasteiger partial charge is 0.102 e. The Morgan fingerprint density at radius 1 is 1.15 bits per heavy atom. The van der Waals surface area contributed by atoms with Crippen molar-refractivity contribution in [2.45, 2.75) is 64.6 Å². The van der Waals surface area contributed by atoms with Gasteiger partial charge in [-0.3, -0.25) is 0 Å². The average molecular weight is 182 g/mol. The number of epoxide rings is 1. The molecule has 1 fully saturated rings. The van der Waals surface area contributed by atoms with E-state index in [1.54, 1.807) is 0 Å². The predicted molar refractivity (Wildman–Crippen MR) is 56.9 cm³/mol. The third-order valence-corrected chi connectivity index (χ3v) is 2.50. The molecule has 0 amide bonds. The molecule has 0 aromatic carbocycles. The fourth-order valence-electron chi connectivity index (χ4n) is 1.59. The largest absolute Gasteiger partial charge is 0.365 e. The van der Waals surface area contributed by atoms with Crippen LogP contribution >= 0.6 is 0 Å². The molecule has 13 heavy (non-hydrogen) atoms. The third kappa shape index (κ3) is 4.47. The number of rotatable bonds is 7. The third-order valence-electron chi connectivity index (χ3n) is 2.50. The van der Waals surface area contributed by atoms with Crippen molar-refractivity contribution in [1.82, 2.24) is 0 Å². The van der Waals surface area contributed by atoms with Crippen molar-refractivity contribution in [2.24, 2.45) is 0 Å². The number of unbranched alkanes of at least 4 members (excludes halogenated alkanes) is 3. The minimum Gasteiger partial charge on any atom is -0.365 e. The Hall–Kier alpha value is -0.300. The molecule has 0 aliphatic carbocycles. The summed E-state index contributed by atoms with van der Waals surface area (Å²) in [6.07, 6.45) is 13.2. The van der Waals surface area contributed by atoms with Gasteiger partial charge in [-0.2, -0.15) is 0 Å². The molecule has 2 atom stereocenters. The summed E-state index contributed by atoms with van der Waals surface area (Å²) < 4.78 is 5.48. The fourth-order valence-corrected chi connectivity index (χ4v) is 1.59. The summed E-state index contributed by atoms with van der Waals surface area (Å²) in [6, 6.07) is 0. The van der Waals surface area contributed by atoms with Gasteiger partial charge in [-0.15, -0.1) is 0 Å². The lowest BCUT2D eigenvalue weighted by atomic mass is 10.1. The summed E-state index contributed by atoms with van der Waals surface area (Å²) in [6.45, 7) is 4.45. The van der Waals surface area contributed by atoms with Crippen LogP contribution < -0.4 is 0 Å². The van der Waals surface area contributed by atoms with Crippen molar-refractivity contribution in [2.75, 3.05) is 0 Å². The topological polar surface area (TPSA) is 12.5 Å². The molecule has 1 rings (SSSR count). The number of allylic oxidation sites excluding steroid dienone is 1. The van der Waals surface area contributed by atoms with Crippen LogP contribution in [0.2, 0.25) is 0 Å². The van der Waals surface area contributed by atoms with Crippen LogP contribution in [0.4, 0.5) is 0 Å². The number of hydrogen-bond donors (Lipinski definition) is 0. The summed E-state index contributed by atoms with van der Waals surface area (Å²) in [5.41, 5.74) is 0. The van der Waals surface area contributed by atoms with Crippen molar-refractivity contribution in [1.29, 1.82) is 0 Å². The summed E-state index contributed by atoms with van der Waals surface area (Å²) in [4.78, 5) is 0. The van der Waals surface area contributed by atoms with Gasteiger partial charge in [0.1, 0.15) is 6.10 Å². The highest BCUT2D eigenvalue weighted by Gasteiger charge is 2.34. The average Bonchev–Trinajstić information content (AvgIpc) is 2.84. The summed E-state index contributed by atoms with van der Waals surface area (Å²) in [5, 5.41) is 0. The van der Waals surface area contributed by atoms with E-state index in [0.717, 1.165) is 0 Å². The molecular formula is C12H22O. The fraction of sp³-hybridized carbons (Fsp3) is 0.833. The van der Waals surface area contributed by atoms with Crippen LogP contribution in [0.5, 0.6) is 0 Å². The van der Waals surface area contributed by atoms with E-state index >= 15 is 0 Å². The second kappa shape index (κ2) is 6.20. The Balaban J connectivity index is 1.94. The van der Waals surface area contributed by atoms with Crippen molar-refractivity contribution in [3.05, 3.63) is 12.2 Å². The summed E-state index contributed by atoms with van der Waals surface area (Å²) in [5.74, 6) is 0. The van der Waals surface area contributed by atoms with Gasteiger partial charge < -0.3 is 4.74 Å². The van der Waals surface area contributed by atoms with E-state index in [2.05, 4.69) is 26.0 Å². The standard InChI is InChI=1S/C12H22O/c1-3-5-6-7-8-10-12-11(13-12)9-4-2/h8,10-12H,3-7,9H2,1-2H3/b10-8-/t11-,12-/m0/s1. The van der Waals surface area contributed by atoms with Crippen LogP contribution in [0.3, 0.4) is 0 Å². The molecule has 0 saturated carbocycles. The van der Waals surface area contributed by atoms with Crippen LogP contribution in [-0.2, 0) is 4.74 Å². The molecule has 76 valence electrons. The van der Waals surface area contributed by atoms with Crippen LogP contribution in [0.1, 0.15) is 52.4 Å². The molecule has 0 N–H and O–H groups in total. The zero-order valence-electron chi connectivity index (χ0n) is 8.96. The van der Waals surface area contributed by atoms with Gasteiger partial charge in [-0.1, -0.05) is 45.3 Å². The lowest BCUT2D eigenvalue weighted by molar-refractivity contribution is 0.378. The van der Waals surface area contributed by atoms with Gasteiger partial charge in [0.05, 0.1) is 6.10 Å².